The highest BCUT2D eigenvalue weighted by Gasteiger charge is 2.39. The van der Waals surface area contributed by atoms with Gasteiger partial charge in [0.25, 0.3) is 11.8 Å². The first-order chi connectivity index (χ1) is 11.3. The molecule has 0 atom stereocenters. The molecule has 0 spiro atoms. The lowest BCUT2D eigenvalue weighted by atomic mass is 10.0. The lowest BCUT2D eigenvalue weighted by Gasteiger charge is -2.39. The summed E-state index contributed by atoms with van der Waals surface area (Å²) in [5.41, 5.74) is 0.178. The molecule has 0 bridgehead atoms. The number of imide groups is 1. The average molecular weight is 332 g/mol. The minimum Gasteiger partial charge on any atom is -0.444 e. The van der Waals surface area contributed by atoms with Gasteiger partial charge in [-0.15, -0.1) is 5.06 Å². The van der Waals surface area contributed by atoms with E-state index in [9.17, 15) is 14.4 Å². The lowest BCUT2D eigenvalue weighted by Crippen LogP contribution is -2.53. The molecule has 2 heterocycles. The van der Waals surface area contributed by atoms with Crippen molar-refractivity contribution in [2.45, 2.75) is 26.4 Å². The number of hydrogen-bond donors (Lipinski definition) is 0. The van der Waals surface area contributed by atoms with Crippen LogP contribution < -0.4 is 0 Å². The second-order valence-electron chi connectivity index (χ2n) is 7.00. The molecule has 1 saturated heterocycles. The van der Waals surface area contributed by atoms with Crippen molar-refractivity contribution in [3.8, 4) is 0 Å². The maximum absolute atomic E-state index is 12.2. The van der Waals surface area contributed by atoms with Crippen molar-refractivity contribution in [3.63, 3.8) is 0 Å². The van der Waals surface area contributed by atoms with Crippen LogP contribution in [0.1, 0.15) is 41.5 Å². The van der Waals surface area contributed by atoms with Gasteiger partial charge in [-0.25, -0.2) is 4.79 Å². The van der Waals surface area contributed by atoms with Crippen molar-refractivity contribution in [2.24, 2.45) is 5.92 Å². The predicted octanol–water partition coefficient (Wildman–Crippen LogP) is 2.08. The van der Waals surface area contributed by atoms with Crippen LogP contribution in [-0.2, 0) is 9.57 Å². The summed E-state index contributed by atoms with van der Waals surface area (Å²) in [5.74, 6) is -0.820. The number of nitrogens with zero attached hydrogens (tertiary/aromatic N) is 2. The molecule has 24 heavy (non-hydrogen) atoms. The topological polar surface area (TPSA) is 76.2 Å². The quantitative estimate of drug-likeness (QED) is 0.792. The minimum absolute atomic E-state index is 0.0711. The summed E-state index contributed by atoms with van der Waals surface area (Å²) in [4.78, 5) is 43.1. The maximum atomic E-state index is 12.2. The Morgan fingerprint density at radius 2 is 1.67 bits per heavy atom. The van der Waals surface area contributed by atoms with Crippen molar-refractivity contribution in [1.82, 2.24) is 9.96 Å². The zero-order valence-corrected chi connectivity index (χ0v) is 13.9. The Balaban J connectivity index is 1.48. The van der Waals surface area contributed by atoms with Gasteiger partial charge in [-0.05, 0) is 32.9 Å². The fourth-order valence-electron chi connectivity index (χ4n) is 2.62. The van der Waals surface area contributed by atoms with Crippen molar-refractivity contribution in [2.75, 3.05) is 19.7 Å². The molecule has 128 valence electrons. The van der Waals surface area contributed by atoms with Crippen LogP contribution in [0.25, 0.3) is 0 Å². The molecule has 0 aromatic heterocycles. The predicted molar refractivity (Wildman–Crippen MR) is 84.2 cm³/mol. The highest BCUT2D eigenvalue weighted by Crippen LogP contribution is 2.25. The van der Waals surface area contributed by atoms with Gasteiger partial charge in [0.2, 0.25) is 0 Å². The summed E-state index contributed by atoms with van der Waals surface area (Å²) in [6.45, 7) is 6.61. The zero-order valence-electron chi connectivity index (χ0n) is 13.9. The first kappa shape index (κ1) is 16.4. The molecule has 3 amide bonds. The van der Waals surface area contributed by atoms with Gasteiger partial charge in [-0.2, -0.15) is 0 Å². The van der Waals surface area contributed by atoms with Crippen LogP contribution in [0, 0.1) is 5.92 Å². The van der Waals surface area contributed by atoms with Gasteiger partial charge in [-0.3, -0.25) is 14.4 Å². The van der Waals surface area contributed by atoms with Crippen molar-refractivity contribution in [3.05, 3.63) is 35.4 Å². The average Bonchev–Trinajstić information content (AvgIpc) is 2.69. The molecule has 1 fully saturated rings. The van der Waals surface area contributed by atoms with Crippen LogP contribution in [0.5, 0.6) is 0 Å². The molecule has 1 aromatic rings. The molecule has 1 aromatic carbocycles. The number of carbonyl (C=O) groups is 3. The van der Waals surface area contributed by atoms with Crippen LogP contribution in [0.3, 0.4) is 0 Å². The monoisotopic (exact) mass is 332 g/mol. The van der Waals surface area contributed by atoms with Crippen LogP contribution in [0.4, 0.5) is 4.79 Å². The summed E-state index contributed by atoms with van der Waals surface area (Å²) in [6.07, 6.45) is -0.362. The molecule has 0 aliphatic carbocycles. The Hall–Kier alpha value is -2.41. The summed E-state index contributed by atoms with van der Waals surface area (Å²) in [7, 11) is 0. The Morgan fingerprint density at radius 1 is 1.12 bits per heavy atom. The van der Waals surface area contributed by atoms with Gasteiger partial charge < -0.3 is 9.64 Å². The number of hydroxylamine groups is 2. The largest absolute Gasteiger partial charge is 0.444 e. The fraction of sp³-hybridized carbons (Fsp3) is 0.471. The highest BCUT2D eigenvalue weighted by atomic mass is 16.7. The SMILES string of the molecule is CC(C)(C)OC(=O)N1CC(CON2C(=O)c3ccccc3C2=O)C1. The van der Waals surface area contributed by atoms with Gasteiger partial charge in [0.1, 0.15) is 5.60 Å². The number of fused-ring (bicyclic) bond motifs is 1. The molecule has 0 radical (unpaired) electrons. The second-order valence-corrected chi connectivity index (χ2v) is 7.00. The van der Waals surface area contributed by atoms with E-state index in [1.807, 2.05) is 20.8 Å². The molecular weight excluding hydrogens is 312 g/mol. The molecule has 2 aliphatic rings. The summed E-state index contributed by atoms with van der Waals surface area (Å²) in [6, 6.07) is 6.62. The number of hydrogen-bond acceptors (Lipinski definition) is 5. The number of amides is 3. The maximum Gasteiger partial charge on any atom is 0.410 e. The van der Waals surface area contributed by atoms with Gasteiger partial charge in [0, 0.05) is 19.0 Å². The Labute approximate surface area is 140 Å². The van der Waals surface area contributed by atoms with E-state index < -0.39 is 17.4 Å². The van der Waals surface area contributed by atoms with E-state index in [0.717, 1.165) is 5.06 Å². The van der Waals surface area contributed by atoms with Gasteiger partial charge in [0.15, 0.2) is 0 Å². The second kappa shape index (κ2) is 5.90. The third kappa shape index (κ3) is 3.12. The van der Waals surface area contributed by atoms with E-state index in [-0.39, 0.29) is 18.6 Å². The van der Waals surface area contributed by atoms with Gasteiger partial charge in [-0.1, -0.05) is 12.1 Å². The van der Waals surface area contributed by atoms with E-state index >= 15 is 0 Å². The number of likely N-dealkylation sites (tertiary alicyclic amines) is 1. The third-order valence-electron chi connectivity index (χ3n) is 3.80. The Bertz CT molecular complexity index is 653. The third-order valence-corrected chi connectivity index (χ3v) is 3.80. The fourth-order valence-corrected chi connectivity index (χ4v) is 2.62. The number of rotatable bonds is 3. The lowest BCUT2D eigenvalue weighted by molar-refractivity contribution is -0.118. The smallest absolute Gasteiger partial charge is 0.410 e. The van der Waals surface area contributed by atoms with E-state index in [4.69, 9.17) is 9.57 Å². The Kier molecular flexibility index (Phi) is 4.04. The first-order valence-corrected chi connectivity index (χ1v) is 7.85. The van der Waals surface area contributed by atoms with Crippen LogP contribution in [-0.4, -0.2) is 53.2 Å². The molecular formula is C17H20N2O5. The van der Waals surface area contributed by atoms with Crippen LogP contribution in [0.2, 0.25) is 0 Å². The molecule has 0 unspecified atom stereocenters. The zero-order chi connectivity index (χ0) is 17.5. The van der Waals surface area contributed by atoms with E-state index in [0.29, 0.717) is 24.2 Å². The van der Waals surface area contributed by atoms with E-state index in [2.05, 4.69) is 0 Å². The van der Waals surface area contributed by atoms with Crippen LogP contribution in [0.15, 0.2) is 24.3 Å². The molecule has 2 aliphatic heterocycles. The molecule has 0 saturated carbocycles. The Morgan fingerprint density at radius 3 is 2.17 bits per heavy atom. The van der Waals surface area contributed by atoms with Gasteiger partial charge >= 0.3 is 6.09 Å². The molecule has 7 nitrogen and oxygen atoms in total. The summed E-state index contributed by atoms with van der Waals surface area (Å²) < 4.78 is 5.27. The molecule has 3 rings (SSSR count). The van der Waals surface area contributed by atoms with Crippen molar-refractivity contribution >= 4 is 17.9 Å². The first-order valence-electron chi connectivity index (χ1n) is 7.85. The minimum atomic E-state index is -0.529. The van der Waals surface area contributed by atoms with Crippen LogP contribution >= 0.6 is 0 Å². The van der Waals surface area contributed by atoms with E-state index in [1.165, 1.54) is 0 Å². The van der Waals surface area contributed by atoms with E-state index in [1.54, 1.807) is 29.2 Å². The normalized spacial score (nSPS) is 17.8. The summed E-state index contributed by atoms with van der Waals surface area (Å²) >= 11 is 0. The molecule has 7 heteroatoms. The highest BCUT2D eigenvalue weighted by molar-refractivity contribution is 6.20. The number of ether oxygens (including phenoxy) is 1. The standard InChI is InChI=1S/C17H20N2O5/c1-17(2,3)24-16(22)18-8-11(9-18)10-23-19-14(20)12-6-4-5-7-13(12)15(19)21/h4-7,11H,8-10H2,1-3H3. The van der Waals surface area contributed by atoms with Crippen molar-refractivity contribution in [1.29, 1.82) is 0 Å². The molecule has 0 N–H and O–H groups in total. The number of benzene rings is 1. The van der Waals surface area contributed by atoms with Gasteiger partial charge in [0.05, 0.1) is 17.7 Å². The van der Waals surface area contributed by atoms with Crippen molar-refractivity contribution < 1.29 is 24.0 Å². The summed E-state index contributed by atoms with van der Waals surface area (Å²) in [5, 5.41) is 0.806. The number of carbonyl (C=O) groups excluding carboxylic acids is 3.